The zero-order valence-electron chi connectivity index (χ0n) is 12.6. The maximum absolute atomic E-state index is 13.2. The highest BCUT2D eigenvalue weighted by atomic mass is 32.1. The summed E-state index contributed by atoms with van der Waals surface area (Å²) in [6.07, 6.45) is 6.57. The van der Waals surface area contributed by atoms with E-state index in [4.69, 9.17) is 0 Å². The van der Waals surface area contributed by atoms with Gasteiger partial charge in [0.2, 0.25) is 0 Å². The summed E-state index contributed by atoms with van der Waals surface area (Å²) >= 11 is 1.37. The molecule has 0 saturated carbocycles. The van der Waals surface area contributed by atoms with Gasteiger partial charge in [-0.05, 0) is 12.5 Å². The molecule has 0 fully saturated rings. The fourth-order valence-corrected chi connectivity index (χ4v) is 2.34. The summed E-state index contributed by atoms with van der Waals surface area (Å²) in [5, 5.41) is 4.32. The van der Waals surface area contributed by atoms with Gasteiger partial charge >= 0.3 is 6.03 Å². The highest BCUT2D eigenvalue weighted by molar-refractivity contribution is 7.15. The van der Waals surface area contributed by atoms with Crippen molar-refractivity contribution >= 4 is 28.6 Å². The van der Waals surface area contributed by atoms with E-state index >= 15 is 0 Å². The largest absolute Gasteiger partial charge is 0.338 e. The Morgan fingerprint density at radius 3 is 3.05 bits per heavy atom. The molecule has 1 aromatic heterocycles. The number of aliphatic imine (C=N–C) groups is 1. The number of halogens is 1. The number of nitrogens with zero attached hydrogens (tertiary/aromatic N) is 3. The number of urea groups is 1. The summed E-state index contributed by atoms with van der Waals surface area (Å²) < 4.78 is 13.2. The number of unbranched alkanes of at least 4 members (excludes halogenated alkanes) is 1. The van der Waals surface area contributed by atoms with Crippen molar-refractivity contribution in [1.29, 1.82) is 0 Å². The molecule has 1 aromatic rings. The van der Waals surface area contributed by atoms with Gasteiger partial charge in [-0.25, -0.2) is 14.2 Å². The van der Waals surface area contributed by atoms with Gasteiger partial charge in [0.05, 0.1) is 17.4 Å². The number of thiazole rings is 1. The van der Waals surface area contributed by atoms with Crippen LogP contribution in [0.15, 0.2) is 23.1 Å². The predicted molar refractivity (Wildman–Crippen MR) is 86.1 cm³/mol. The Labute approximate surface area is 128 Å². The van der Waals surface area contributed by atoms with Gasteiger partial charge in [0, 0.05) is 27.1 Å². The van der Waals surface area contributed by atoms with Gasteiger partial charge in [0.25, 0.3) is 0 Å². The van der Waals surface area contributed by atoms with Crippen LogP contribution in [0.2, 0.25) is 0 Å². The summed E-state index contributed by atoms with van der Waals surface area (Å²) in [5.74, 6) is -0.389. The van der Waals surface area contributed by atoms with Crippen molar-refractivity contribution in [3.63, 3.8) is 0 Å². The van der Waals surface area contributed by atoms with Gasteiger partial charge < -0.3 is 5.32 Å². The number of aromatic nitrogens is 1. The Balaban J connectivity index is 2.57. The average molecular weight is 312 g/mol. The van der Waals surface area contributed by atoms with Gasteiger partial charge in [-0.3, -0.25) is 9.89 Å². The molecule has 0 spiro atoms. The topological polar surface area (TPSA) is 57.6 Å². The van der Waals surface area contributed by atoms with Gasteiger partial charge in [-0.15, -0.1) is 11.3 Å². The lowest BCUT2D eigenvalue weighted by atomic mass is 10.3. The number of hydrogen-bond acceptors (Lipinski definition) is 4. The average Bonchev–Trinajstić information content (AvgIpc) is 2.93. The number of anilines is 1. The van der Waals surface area contributed by atoms with Crippen molar-refractivity contribution < 1.29 is 9.18 Å². The quantitative estimate of drug-likeness (QED) is 0.621. The number of amides is 2. The van der Waals surface area contributed by atoms with Crippen molar-refractivity contribution in [2.45, 2.75) is 26.2 Å². The molecule has 0 aliphatic heterocycles. The summed E-state index contributed by atoms with van der Waals surface area (Å²) in [5.41, 5.74) is 0. The number of carbonyl (C=O) groups excluding carboxylic acids is 1. The van der Waals surface area contributed by atoms with Crippen LogP contribution in [-0.4, -0.2) is 37.9 Å². The van der Waals surface area contributed by atoms with Crippen LogP contribution >= 0.6 is 11.3 Å². The Kier molecular flexibility index (Phi) is 7.60. The van der Waals surface area contributed by atoms with Gasteiger partial charge in [-0.2, -0.15) is 0 Å². The predicted octanol–water partition coefficient (Wildman–Crippen LogP) is 3.19. The molecule has 5 nitrogen and oxygen atoms in total. The van der Waals surface area contributed by atoms with E-state index in [9.17, 15) is 9.18 Å². The van der Waals surface area contributed by atoms with Crippen LogP contribution in [0.1, 0.15) is 24.8 Å². The van der Waals surface area contributed by atoms with E-state index in [2.05, 4.69) is 22.2 Å². The number of rotatable bonds is 7. The molecular formula is C14H21FN4OS. The molecule has 0 unspecified atom stereocenters. The first-order valence-electron chi connectivity index (χ1n) is 6.82. The van der Waals surface area contributed by atoms with Crippen LogP contribution in [0.4, 0.5) is 14.2 Å². The minimum absolute atomic E-state index is 0.154. The lowest BCUT2D eigenvalue weighted by Gasteiger charge is -2.15. The van der Waals surface area contributed by atoms with E-state index < -0.39 is 0 Å². The first-order chi connectivity index (χ1) is 10.1. The van der Waals surface area contributed by atoms with E-state index in [1.54, 1.807) is 13.2 Å². The first kappa shape index (κ1) is 17.3. The first-order valence-corrected chi connectivity index (χ1v) is 7.64. The minimum Gasteiger partial charge on any atom is -0.338 e. The van der Waals surface area contributed by atoms with Crippen LogP contribution in [0, 0.1) is 0 Å². The standard InChI is InChI=1S/C14H21FN4OS/c1-4-5-8-17-14(20)19(3)13-10-18-12(21-13)7-6-11(15)9-16-2/h6,9-10H,4-5,7-8H2,1-3H3,(H,17,20)/b11-6+,16-9?. The smallest absolute Gasteiger partial charge is 0.322 e. The van der Waals surface area contributed by atoms with E-state index in [1.807, 2.05) is 0 Å². The van der Waals surface area contributed by atoms with Crippen molar-refractivity contribution in [1.82, 2.24) is 10.3 Å². The Bertz CT molecular complexity index is 513. The zero-order valence-corrected chi connectivity index (χ0v) is 13.4. The zero-order chi connectivity index (χ0) is 15.7. The molecule has 21 heavy (non-hydrogen) atoms. The van der Waals surface area contributed by atoms with Crippen molar-refractivity contribution in [2.75, 3.05) is 25.5 Å². The fourth-order valence-electron chi connectivity index (χ4n) is 1.50. The lowest BCUT2D eigenvalue weighted by Crippen LogP contribution is -2.37. The number of allylic oxidation sites excluding steroid dienone is 2. The summed E-state index contributed by atoms with van der Waals surface area (Å²) in [6, 6.07) is -0.154. The monoisotopic (exact) mass is 312 g/mol. The molecule has 0 aliphatic rings. The lowest BCUT2D eigenvalue weighted by molar-refractivity contribution is 0.247. The highest BCUT2D eigenvalue weighted by Crippen LogP contribution is 2.23. The Hall–Kier alpha value is -1.76. The minimum atomic E-state index is -0.389. The van der Waals surface area contributed by atoms with Crippen LogP contribution in [-0.2, 0) is 6.42 Å². The molecule has 2 amide bonds. The Morgan fingerprint density at radius 1 is 1.62 bits per heavy atom. The van der Waals surface area contributed by atoms with Gasteiger partial charge in [0.1, 0.15) is 10.8 Å². The number of nitrogens with one attached hydrogen (secondary N) is 1. The SMILES string of the molecule is CCCCNC(=O)N(C)c1cnc(C/C=C(/F)C=NC)s1. The molecule has 7 heteroatoms. The van der Waals surface area contributed by atoms with Crippen LogP contribution in [0.25, 0.3) is 0 Å². The van der Waals surface area contributed by atoms with Gasteiger partial charge in [-0.1, -0.05) is 13.3 Å². The van der Waals surface area contributed by atoms with Crippen molar-refractivity contribution in [3.8, 4) is 0 Å². The van der Waals surface area contributed by atoms with E-state index in [0.29, 0.717) is 13.0 Å². The Morgan fingerprint density at radius 2 is 2.38 bits per heavy atom. The normalized spacial score (nSPS) is 11.9. The number of carbonyl (C=O) groups is 1. The van der Waals surface area contributed by atoms with E-state index in [0.717, 1.165) is 29.1 Å². The summed E-state index contributed by atoms with van der Waals surface area (Å²) in [6.45, 7) is 2.73. The van der Waals surface area contributed by atoms with Crippen molar-refractivity contribution in [2.24, 2.45) is 4.99 Å². The second-order valence-corrected chi connectivity index (χ2v) is 5.51. The molecule has 0 saturated heterocycles. The molecule has 0 aromatic carbocycles. The maximum Gasteiger partial charge on any atom is 0.322 e. The molecule has 1 heterocycles. The molecule has 0 bridgehead atoms. The van der Waals surface area contributed by atoms with Crippen molar-refractivity contribution in [3.05, 3.63) is 23.1 Å². The maximum atomic E-state index is 13.2. The molecule has 0 aliphatic carbocycles. The second kappa shape index (κ2) is 9.23. The second-order valence-electron chi connectivity index (χ2n) is 4.42. The molecule has 1 N–H and O–H groups in total. The van der Waals surface area contributed by atoms with Crippen LogP contribution < -0.4 is 10.2 Å². The third-order valence-corrected chi connectivity index (χ3v) is 3.80. The van der Waals surface area contributed by atoms with Crippen LogP contribution in [0.3, 0.4) is 0 Å². The fraction of sp³-hybridized carbons (Fsp3) is 0.500. The third kappa shape index (κ3) is 6.03. The molecule has 116 valence electrons. The number of hydrogen-bond donors (Lipinski definition) is 1. The van der Waals surface area contributed by atoms with E-state index in [1.165, 1.54) is 29.4 Å². The summed E-state index contributed by atoms with van der Waals surface area (Å²) in [7, 11) is 3.21. The molecular weight excluding hydrogens is 291 g/mol. The molecule has 1 rings (SSSR count). The summed E-state index contributed by atoms with van der Waals surface area (Å²) in [4.78, 5) is 21.2. The molecule has 0 radical (unpaired) electrons. The third-order valence-electron chi connectivity index (χ3n) is 2.71. The van der Waals surface area contributed by atoms with Gasteiger partial charge in [0.15, 0.2) is 0 Å². The highest BCUT2D eigenvalue weighted by Gasteiger charge is 2.13. The van der Waals surface area contributed by atoms with E-state index in [-0.39, 0.29) is 11.9 Å². The van der Waals surface area contributed by atoms with Crippen LogP contribution in [0.5, 0.6) is 0 Å². The molecule has 0 atom stereocenters.